The second-order valence-electron chi connectivity index (χ2n) is 5.50. The zero-order valence-electron chi connectivity index (χ0n) is 13.2. The lowest BCUT2D eigenvalue weighted by Crippen LogP contribution is -2.34. The molecule has 0 unspecified atom stereocenters. The van der Waals surface area contributed by atoms with Crippen molar-refractivity contribution in [2.45, 2.75) is 26.3 Å². The Morgan fingerprint density at radius 3 is 2.22 bits per heavy atom. The second-order valence-corrected chi connectivity index (χ2v) is 5.50. The van der Waals surface area contributed by atoms with Crippen LogP contribution in [0.1, 0.15) is 29.8 Å². The van der Waals surface area contributed by atoms with Gasteiger partial charge in [0.05, 0.1) is 0 Å². The summed E-state index contributed by atoms with van der Waals surface area (Å²) in [6.07, 6.45) is 0.677. The zero-order valence-corrected chi connectivity index (χ0v) is 13.2. The number of carbonyl (C=O) groups is 2. The van der Waals surface area contributed by atoms with Gasteiger partial charge in [-0.05, 0) is 55.3 Å². The molecule has 0 fully saturated rings. The van der Waals surface area contributed by atoms with E-state index >= 15 is 0 Å². The maximum atomic E-state index is 12.2. The number of phenols is 1. The summed E-state index contributed by atoms with van der Waals surface area (Å²) in [4.78, 5) is 23.2. The quantitative estimate of drug-likeness (QED) is 0.794. The molecular formula is C18H20N2O3. The molecule has 0 saturated carbocycles. The van der Waals surface area contributed by atoms with Gasteiger partial charge in [-0.25, -0.2) is 0 Å². The Labute approximate surface area is 135 Å². The van der Waals surface area contributed by atoms with Gasteiger partial charge in [0.15, 0.2) is 0 Å². The van der Waals surface area contributed by atoms with E-state index in [-0.39, 0.29) is 23.6 Å². The SMILES string of the molecule is CC(=O)Nc1ccc(C(=O)N[C@@H](C)Cc2ccc(O)cc2)cc1. The Hall–Kier alpha value is -2.82. The molecule has 1 atom stereocenters. The van der Waals surface area contributed by atoms with Gasteiger partial charge < -0.3 is 15.7 Å². The van der Waals surface area contributed by atoms with Crippen molar-refractivity contribution in [2.75, 3.05) is 5.32 Å². The summed E-state index contributed by atoms with van der Waals surface area (Å²) in [5.41, 5.74) is 2.24. The van der Waals surface area contributed by atoms with Crippen molar-refractivity contribution in [2.24, 2.45) is 0 Å². The summed E-state index contributed by atoms with van der Waals surface area (Å²) >= 11 is 0. The fourth-order valence-corrected chi connectivity index (χ4v) is 2.25. The summed E-state index contributed by atoms with van der Waals surface area (Å²) in [5, 5.41) is 14.9. The summed E-state index contributed by atoms with van der Waals surface area (Å²) in [7, 11) is 0. The molecular weight excluding hydrogens is 292 g/mol. The lowest BCUT2D eigenvalue weighted by Gasteiger charge is -2.14. The summed E-state index contributed by atoms with van der Waals surface area (Å²) in [6, 6.07) is 13.6. The first-order valence-corrected chi connectivity index (χ1v) is 7.40. The Balaban J connectivity index is 1.92. The van der Waals surface area contributed by atoms with Crippen molar-refractivity contribution < 1.29 is 14.7 Å². The molecule has 2 aromatic rings. The predicted octanol–water partition coefficient (Wildman–Crippen LogP) is 2.71. The highest BCUT2D eigenvalue weighted by atomic mass is 16.3. The topological polar surface area (TPSA) is 78.4 Å². The third-order valence-corrected chi connectivity index (χ3v) is 3.32. The lowest BCUT2D eigenvalue weighted by atomic mass is 10.1. The van der Waals surface area contributed by atoms with Crippen LogP contribution in [-0.4, -0.2) is 23.0 Å². The number of hydrogen-bond donors (Lipinski definition) is 3. The Bertz CT molecular complexity index is 678. The maximum absolute atomic E-state index is 12.2. The van der Waals surface area contributed by atoms with Crippen molar-refractivity contribution in [3.05, 3.63) is 59.7 Å². The number of hydrogen-bond acceptors (Lipinski definition) is 3. The molecule has 23 heavy (non-hydrogen) atoms. The molecule has 2 aromatic carbocycles. The van der Waals surface area contributed by atoms with E-state index in [0.29, 0.717) is 17.7 Å². The standard InChI is InChI=1S/C18H20N2O3/c1-12(11-14-3-9-17(22)10-4-14)19-18(23)15-5-7-16(8-6-15)20-13(2)21/h3-10,12,22H,11H2,1-2H3,(H,19,23)(H,20,21)/t12-/m0/s1. The number of benzene rings is 2. The van der Waals surface area contributed by atoms with Crippen molar-refractivity contribution in [3.63, 3.8) is 0 Å². The molecule has 0 aliphatic rings. The molecule has 0 saturated heterocycles. The van der Waals surface area contributed by atoms with E-state index in [9.17, 15) is 14.7 Å². The Morgan fingerprint density at radius 1 is 1.04 bits per heavy atom. The molecule has 2 rings (SSSR count). The molecule has 0 radical (unpaired) electrons. The van der Waals surface area contributed by atoms with Crippen LogP contribution in [0.5, 0.6) is 5.75 Å². The van der Waals surface area contributed by atoms with Gasteiger partial charge in [0.25, 0.3) is 5.91 Å². The van der Waals surface area contributed by atoms with Crippen LogP contribution in [0, 0.1) is 0 Å². The smallest absolute Gasteiger partial charge is 0.251 e. The van der Waals surface area contributed by atoms with Crippen LogP contribution in [0.2, 0.25) is 0 Å². The predicted molar refractivity (Wildman–Crippen MR) is 89.5 cm³/mol. The van der Waals surface area contributed by atoms with E-state index in [1.54, 1.807) is 36.4 Å². The van der Waals surface area contributed by atoms with Crippen LogP contribution in [0.4, 0.5) is 5.69 Å². The first kappa shape index (κ1) is 16.5. The normalized spacial score (nSPS) is 11.6. The first-order valence-electron chi connectivity index (χ1n) is 7.40. The molecule has 0 aliphatic heterocycles. The van der Waals surface area contributed by atoms with Gasteiger partial charge in [-0.15, -0.1) is 0 Å². The fourth-order valence-electron chi connectivity index (χ4n) is 2.25. The third-order valence-electron chi connectivity index (χ3n) is 3.32. The summed E-state index contributed by atoms with van der Waals surface area (Å²) < 4.78 is 0. The molecule has 0 bridgehead atoms. The first-order chi connectivity index (χ1) is 10.9. The van der Waals surface area contributed by atoms with E-state index in [0.717, 1.165) is 5.56 Å². The Kier molecular flexibility index (Phi) is 5.36. The van der Waals surface area contributed by atoms with E-state index in [1.807, 2.05) is 19.1 Å². The van der Waals surface area contributed by atoms with Crippen LogP contribution in [0.25, 0.3) is 0 Å². The van der Waals surface area contributed by atoms with Crippen molar-refractivity contribution in [1.29, 1.82) is 0 Å². The molecule has 0 aromatic heterocycles. The van der Waals surface area contributed by atoms with Crippen molar-refractivity contribution in [3.8, 4) is 5.75 Å². The van der Waals surface area contributed by atoms with Crippen LogP contribution in [0.15, 0.2) is 48.5 Å². The second kappa shape index (κ2) is 7.45. The third kappa shape index (κ3) is 5.14. The molecule has 5 heteroatoms. The molecule has 3 N–H and O–H groups in total. The average molecular weight is 312 g/mol. The maximum Gasteiger partial charge on any atom is 0.251 e. The van der Waals surface area contributed by atoms with Crippen molar-refractivity contribution in [1.82, 2.24) is 5.32 Å². The lowest BCUT2D eigenvalue weighted by molar-refractivity contribution is -0.114. The van der Waals surface area contributed by atoms with Gasteiger partial charge in [-0.2, -0.15) is 0 Å². The monoisotopic (exact) mass is 312 g/mol. The van der Waals surface area contributed by atoms with Gasteiger partial charge in [0.2, 0.25) is 5.91 Å². The number of rotatable bonds is 5. The molecule has 5 nitrogen and oxygen atoms in total. The van der Waals surface area contributed by atoms with Crippen LogP contribution in [0.3, 0.4) is 0 Å². The molecule has 0 aliphatic carbocycles. The minimum atomic E-state index is -0.161. The number of nitrogens with one attached hydrogen (secondary N) is 2. The largest absolute Gasteiger partial charge is 0.508 e. The number of phenolic OH excluding ortho intramolecular Hbond substituents is 1. The summed E-state index contributed by atoms with van der Waals surface area (Å²) in [5.74, 6) is -0.0833. The zero-order chi connectivity index (χ0) is 16.8. The highest BCUT2D eigenvalue weighted by Crippen LogP contribution is 2.12. The number of amides is 2. The van der Waals surface area contributed by atoms with Crippen LogP contribution in [-0.2, 0) is 11.2 Å². The summed E-state index contributed by atoms with van der Waals surface area (Å²) in [6.45, 7) is 3.36. The molecule has 0 heterocycles. The molecule has 2 amide bonds. The Morgan fingerprint density at radius 2 is 1.65 bits per heavy atom. The van der Waals surface area contributed by atoms with Crippen LogP contribution < -0.4 is 10.6 Å². The van der Waals surface area contributed by atoms with Gasteiger partial charge in [-0.3, -0.25) is 9.59 Å². The molecule has 120 valence electrons. The van der Waals surface area contributed by atoms with Crippen molar-refractivity contribution >= 4 is 17.5 Å². The van der Waals surface area contributed by atoms with Crippen LogP contribution >= 0.6 is 0 Å². The van der Waals surface area contributed by atoms with E-state index < -0.39 is 0 Å². The molecule has 0 spiro atoms. The highest BCUT2D eigenvalue weighted by Gasteiger charge is 2.10. The fraction of sp³-hybridized carbons (Fsp3) is 0.222. The van der Waals surface area contributed by atoms with Gasteiger partial charge in [-0.1, -0.05) is 12.1 Å². The minimum absolute atomic E-state index is 0.0398. The number of anilines is 1. The van der Waals surface area contributed by atoms with Gasteiger partial charge in [0, 0.05) is 24.2 Å². The highest BCUT2D eigenvalue weighted by molar-refractivity contribution is 5.95. The number of carbonyl (C=O) groups excluding carboxylic acids is 2. The van der Waals surface area contributed by atoms with E-state index in [4.69, 9.17) is 0 Å². The average Bonchev–Trinajstić information content (AvgIpc) is 2.49. The van der Waals surface area contributed by atoms with E-state index in [2.05, 4.69) is 10.6 Å². The minimum Gasteiger partial charge on any atom is -0.508 e. The van der Waals surface area contributed by atoms with Gasteiger partial charge in [0.1, 0.15) is 5.75 Å². The number of aromatic hydroxyl groups is 1. The van der Waals surface area contributed by atoms with E-state index in [1.165, 1.54) is 6.92 Å². The van der Waals surface area contributed by atoms with Gasteiger partial charge >= 0.3 is 0 Å².